The summed E-state index contributed by atoms with van der Waals surface area (Å²) in [6.07, 6.45) is 0. The zero-order valence-corrected chi connectivity index (χ0v) is 37.7. The summed E-state index contributed by atoms with van der Waals surface area (Å²) >= 11 is 14.3. The van der Waals surface area contributed by atoms with Crippen LogP contribution in [0.25, 0.3) is 55.9 Å². The van der Waals surface area contributed by atoms with E-state index >= 15 is 0 Å². The number of methoxy groups -OCH3 is 1. The van der Waals surface area contributed by atoms with Crippen LogP contribution in [0.15, 0.2) is 156 Å². The summed E-state index contributed by atoms with van der Waals surface area (Å²) in [4.78, 5) is 0. The van der Waals surface area contributed by atoms with E-state index in [1.165, 1.54) is 31.4 Å². The number of phenolic OH excluding ortho intramolecular Hbond substituents is 1. The number of benzene rings is 5. The van der Waals surface area contributed by atoms with Crippen LogP contribution >= 0.6 is 39.1 Å². The summed E-state index contributed by atoms with van der Waals surface area (Å²) in [6, 6.07) is 44.0. The number of hydrogen-bond donors (Lipinski definition) is 5. The van der Waals surface area contributed by atoms with Gasteiger partial charge in [-0.3, -0.25) is 0 Å². The molecule has 0 amide bonds. The van der Waals surface area contributed by atoms with E-state index in [2.05, 4.69) is 56.7 Å². The first kappa shape index (κ1) is 47.6. The SMILES string of the molecule is COc1cccc(F)c1-c1cc(-c2ccccc2)c(N)nn1.Nc1nnc(-c2c(O)cccc2F)cc1-c1ccccc1.Nc1nnc(Cl)cc1-c1ccccc1.Nc1nnc(Cl)cc1Br. The molecule has 0 radical (unpaired) electrons. The average Bonchev–Trinajstić information content (AvgIpc) is 3.33. The first-order valence-electron chi connectivity index (χ1n) is 19.3. The molecule has 0 spiro atoms. The fourth-order valence-electron chi connectivity index (χ4n) is 6.02. The van der Waals surface area contributed by atoms with Gasteiger partial charge in [-0.1, -0.05) is 126 Å². The highest BCUT2D eigenvalue weighted by atomic mass is 79.9. The quantitative estimate of drug-likeness (QED) is 0.104. The van der Waals surface area contributed by atoms with Crippen LogP contribution in [0.4, 0.5) is 32.1 Å². The largest absolute Gasteiger partial charge is 0.507 e. The van der Waals surface area contributed by atoms with E-state index in [-0.39, 0.29) is 28.4 Å². The first-order chi connectivity index (χ1) is 31.8. The number of nitrogens with two attached hydrogens (primary N) is 4. The maximum absolute atomic E-state index is 14.2. The molecule has 0 aliphatic heterocycles. The Morgan fingerprint density at radius 2 is 0.864 bits per heavy atom. The minimum Gasteiger partial charge on any atom is -0.507 e. The highest BCUT2D eigenvalue weighted by molar-refractivity contribution is 9.10. The fourth-order valence-corrected chi connectivity index (χ4v) is 6.74. The first-order valence-corrected chi connectivity index (χ1v) is 20.9. The second-order valence-electron chi connectivity index (χ2n) is 13.5. The Kier molecular flexibility index (Phi) is 16.4. The van der Waals surface area contributed by atoms with E-state index in [0.29, 0.717) is 54.8 Å². The number of hydrogen-bond acceptors (Lipinski definition) is 14. The van der Waals surface area contributed by atoms with Gasteiger partial charge in [-0.05, 0) is 81.2 Å². The van der Waals surface area contributed by atoms with Crippen LogP contribution in [0.5, 0.6) is 11.5 Å². The molecule has 5 aromatic carbocycles. The molecule has 9 N–H and O–H groups in total. The smallest absolute Gasteiger partial charge is 0.160 e. The lowest BCUT2D eigenvalue weighted by atomic mass is 10.0. The van der Waals surface area contributed by atoms with Crippen LogP contribution in [0.3, 0.4) is 0 Å². The third kappa shape index (κ3) is 12.2. The lowest BCUT2D eigenvalue weighted by molar-refractivity contribution is 0.413. The molecule has 0 bridgehead atoms. The number of halogens is 5. The lowest BCUT2D eigenvalue weighted by Crippen LogP contribution is -2.00. The number of aromatic hydroxyl groups is 1. The summed E-state index contributed by atoms with van der Waals surface area (Å²) in [5, 5.41) is 40.7. The number of nitrogens with zero attached hydrogens (tertiary/aromatic N) is 8. The normalized spacial score (nSPS) is 10.3. The number of aromatic nitrogens is 8. The van der Waals surface area contributed by atoms with E-state index in [1.807, 2.05) is 91.0 Å². The van der Waals surface area contributed by atoms with Gasteiger partial charge < -0.3 is 32.8 Å². The van der Waals surface area contributed by atoms with Gasteiger partial charge in [0.15, 0.2) is 33.6 Å². The molecule has 9 rings (SSSR count). The molecule has 4 heterocycles. The molecule has 9 aromatic rings. The molecule has 0 aliphatic carbocycles. The number of anilines is 4. The van der Waals surface area contributed by atoms with Crippen molar-refractivity contribution in [1.82, 2.24) is 40.8 Å². The molecule has 14 nitrogen and oxygen atoms in total. The van der Waals surface area contributed by atoms with Gasteiger partial charge in [0.2, 0.25) is 0 Å². The predicted octanol–water partition coefficient (Wildman–Crippen LogP) is 10.6. The van der Waals surface area contributed by atoms with Crippen molar-refractivity contribution in [2.75, 3.05) is 30.0 Å². The van der Waals surface area contributed by atoms with Crippen molar-refractivity contribution in [1.29, 1.82) is 0 Å². The average molecular weight is 991 g/mol. The maximum atomic E-state index is 14.2. The Morgan fingerprint density at radius 3 is 1.30 bits per heavy atom. The van der Waals surface area contributed by atoms with Crippen LogP contribution < -0.4 is 27.7 Å². The van der Waals surface area contributed by atoms with Gasteiger partial charge in [0.1, 0.15) is 34.5 Å². The molecule has 0 unspecified atom stereocenters. The standard InChI is InChI=1S/C17H14FN3O.C16H12FN3O.C10H8ClN3.C4H3BrClN3/c1-22-15-9-5-8-13(18)16(15)14-10-12(17(19)21-20-14)11-6-3-2-4-7-11;17-12-7-4-8-14(21)15(12)13-9-11(16(18)20-19-13)10-5-2-1-3-6-10;11-9-6-8(10(12)14-13-9)7-4-2-1-3-5-7;5-2-1-3(6)8-9-4(2)7/h2-10H,1H3,(H2,19,21);1-9,21H,(H2,18,20);1-6H,(H2,12,14);1H,(H2,7,9). The lowest BCUT2D eigenvalue weighted by Gasteiger charge is -2.11. The van der Waals surface area contributed by atoms with Gasteiger partial charge >= 0.3 is 0 Å². The van der Waals surface area contributed by atoms with Crippen molar-refractivity contribution in [2.24, 2.45) is 0 Å². The highest BCUT2D eigenvalue weighted by Gasteiger charge is 2.17. The van der Waals surface area contributed by atoms with E-state index < -0.39 is 11.6 Å². The summed E-state index contributed by atoms with van der Waals surface area (Å²) in [5.74, 6) is 0.516. The van der Waals surface area contributed by atoms with Crippen LogP contribution in [0, 0.1) is 11.6 Å². The molecule has 66 heavy (non-hydrogen) atoms. The van der Waals surface area contributed by atoms with Crippen molar-refractivity contribution >= 4 is 62.4 Å². The Hall–Kier alpha value is -7.86. The number of ether oxygens (including phenoxy) is 1. The highest BCUT2D eigenvalue weighted by Crippen LogP contribution is 2.36. The van der Waals surface area contributed by atoms with Crippen LogP contribution in [-0.2, 0) is 0 Å². The van der Waals surface area contributed by atoms with Gasteiger partial charge in [-0.25, -0.2) is 8.78 Å². The molecule has 19 heteroatoms. The molecule has 0 saturated heterocycles. The summed E-state index contributed by atoms with van der Waals surface area (Å²) in [5.41, 5.74) is 28.5. The third-order valence-electron chi connectivity index (χ3n) is 9.13. The van der Waals surface area contributed by atoms with E-state index in [0.717, 1.165) is 22.3 Å². The zero-order chi connectivity index (χ0) is 47.2. The van der Waals surface area contributed by atoms with Gasteiger partial charge in [-0.15, -0.1) is 40.8 Å². The molecule has 0 fully saturated rings. The van der Waals surface area contributed by atoms with Crippen molar-refractivity contribution in [3.63, 3.8) is 0 Å². The second kappa shape index (κ2) is 22.7. The van der Waals surface area contributed by atoms with Gasteiger partial charge in [-0.2, -0.15) is 0 Å². The van der Waals surface area contributed by atoms with Gasteiger partial charge in [0.05, 0.1) is 22.7 Å². The van der Waals surface area contributed by atoms with Gasteiger partial charge in [0, 0.05) is 16.7 Å². The van der Waals surface area contributed by atoms with Crippen molar-refractivity contribution in [3.05, 3.63) is 178 Å². The Morgan fingerprint density at radius 1 is 0.470 bits per heavy atom. The molecule has 0 atom stereocenters. The van der Waals surface area contributed by atoms with Crippen molar-refractivity contribution < 1.29 is 18.6 Å². The van der Waals surface area contributed by atoms with Crippen LogP contribution in [-0.4, -0.2) is 53.0 Å². The zero-order valence-electron chi connectivity index (χ0n) is 34.6. The molecule has 332 valence electrons. The van der Waals surface area contributed by atoms with E-state index in [4.69, 9.17) is 50.9 Å². The molecule has 4 aromatic heterocycles. The third-order valence-corrected chi connectivity index (χ3v) is 10.1. The van der Waals surface area contributed by atoms with Crippen molar-refractivity contribution in [2.45, 2.75) is 0 Å². The fraction of sp³-hybridized carbons (Fsp3) is 0.0213. The summed E-state index contributed by atoms with van der Waals surface area (Å²) in [7, 11) is 1.49. The van der Waals surface area contributed by atoms with Crippen molar-refractivity contribution in [3.8, 4) is 67.4 Å². The molecular weight excluding hydrogens is 953 g/mol. The minimum absolute atomic E-state index is 0.0159. The van der Waals surface area contributed by atoms with Crippen LogP contribution in [0.2, 0.25) is 10.3 Å². The number of phenols is 1. The summed E-state index contributed by atoms with van der Waals surface area (Å²) < 4.78 is 34.0. The molecular formula is C47H37BrCl2F2N12O2. The van der Waals surface area contributed by atoms with E-state index in [9.17, 15) is 13.9 Å². The number of rotatable bonds is 6. The Labute approximate surface area is 395 Å². The minimum atomic E-state index is -0.562. The summed E-state index contributed by atoms with van der Waals surface area (Å²) in [6.45, 7) is 0. The Bertz CT molecular complexity index is 3040. The van der Waals surface area contributed by atoms with Gasteiger partial charge in [0.25, 0.3) is 0 Å². The molecule has 0 aliphatic rings. The van der Waals surface area contributed by atoms with E-state index in [1.54, 1.807) is 36.4 Å². The monoisotopic (exact) mass is 988 g/mol. The molecule has 0 saturated carbocycles. The predicted molar refractivity (Wildman–Crippen MR) is 259 cm³/mol. The maximum Gasteiger partial charge on any atom is 0.160 e. The topological polar surface area (TPSA) is 237 Å². The second-order valence-corrected chi connectivity index (χ2v) is 15.1. The Balaban J connectivity index is 0.000000152. The van der Waals surface area contributed by atoms with Crippen LogP contribution in [0.1, 0.15) is 0 Å². The number of nitrogen functional groups attached to an aromatic ring is 4.